The third-order valence-electron chi connectivity index (χ3n) is 5.36. The zero-order valence-electron chi connectivity index (χ0n) is 18.3. The summed E-state index contributed by atoms with van der Waals surface area (Å²) < 4.78 is 3.15. The van der Waals surface area contributed by atoms with E-state index in [4.69, 9.17) is 23.1 Å². The Hall–Kier alpha value is -4.24. The van der Waals surface area contributed by atoms with Crippen LogP contribution in [0, 0.1) is 0 Å². The quantitative estimate of drug-likeness (QED) is 0.355. The van der Waals surface area contributed by atoms with Gasteiger partial charge in [-0.15, -0.1) is 5.10 Å². The molecule has 0 fully saturated rings. The molecule has 0 bridgehead atoms. The predicted molar refractivity (Wildman–Crippen MR) is 135 cm³/mol. The third kappa shape index (κ3) is 4.20. The van der Waals surface area contributed by atoms with Gasteiger partial charge in [-0.25, -0.2) is 4.68 Å². The number of nitrogens with zero attached hydrogens (tertiary/aromatic N) is 3. The van der Waals surface area contributed by atoms with E-state index >= 15 is 0 Å². The number of primary amides is 1. The Balaban J connectivity index is 0.000000180. The van der Waals surface area contributed by atoms with E-state index in [9.17, 15) is 14.7 Å². The number of aryl methyl sites for hydroxylation is 1. The molecule has 10 heteroatoms. The summed E-state index contributed by atoms with van der Waals surface area (Å²) in [6, 6.07) is 14.0. The van der Waals surface area contributed by atoms with E-state index in [0.29, 0.717) is 22.8 Å². The molecule has 2 aromatic heterocycles. The number of fused-ring (bicyclic) bond motifs is 2. The SMILES string of the molecule is CCc1cc2cccc(Cl)c2c(=O)n1-c1ccc(O)cc1.NC(=O)c1c(N)nn2c1NCC=C2. The number of rotatable bonds is 3. The van der Waals surface area contributed by atoms with Gasteiger partial charge in [-0.2, -0.15) is 0 Å². The molecular weight excluding hydrogens is 456 g/mol. The highest BCUT2D eigenvalue weighted by atomic mass is 35.5. The first-order chi connectivity index (χ1) is 16.3. The van der Waals surface area contributed by atoms with Crippen molar-refractivity contribution in [1.29, 1.82) is 0 Å². The van der Waals surface area contributed by atoms with Gasteiger partial charge in [0.2, 0.25) is 0 Å². The smallest absolute Gasteiger partial charge is 0.264 e. The second-order valence-electron chi connectivity index (χ2n) is 7.53. The fourth-order valence-corrected chi connectivity index (χ4v) is 4.06. The molecule has 1 aliphatic heterocycles. The molecule has 3 heterocycles. The Morgan fingerprint density at radius 2 is 1.97 bits per heavy atom. The number of amides is 1. The van der Waals surface area contributed by atoms with E-state index in [1.54, 1.807) is 41.1 Å². The summed E-state index contributed by atoms with van der Waals surface area (Å²) in [4.78, 5) is 23.8. The molecule has 174 valence electrons. The van der Waals surface area contributed by atoms with Gasteiger partial charge in [-0.05, 0) is 54.3 Å². The fourth-order valence-electron chi connectivity index (χ4n) is 3.80. The molecule has 0 atom stereocenters. The van der Waals surface area contributed by atoms with Gasteiger partial charge in [-0.1, -0.05) is 30.7 Å². The Morgan fingerprint density at radius 3 is 2.65 bits per heavy atom. The lowest BCUT2D eigenvalue weighted by Crippen LogP contribution is -2.22. The number of nitrogen functional groups attached to an aromatic ring is 1. The van der Waals surface area contributed by atoms with Crippen molar-refractivity contribution in [3.05, 3.63) is 81.2 Å². The number of nitrogens with two attached hydrogens (primary N) is 2. The number of hydrogen-bond acceptors (Lipinski definition) is 6. The monoisotopic (exact) mass is 478 g/mol. The molecule has 2 aromatic carbocycles. The molecule has 4 aromatic rings. The largest absolute Gasteiger partial charge is 0.508 e. The molecule has 0 saturated heterocycles. The minimum atomic E-state index is -0.568. The van der Waals surface area contributed by atoms with Crippen molar-refractivity contribution in [3.63, 3.8) is 0 Å². The lowest BCUT2D eigenvalue weighted by atomic mass is 10.1. The lowest BCUT2D eigenvalue weighted by molar-refractivity contribution is 0.100. The van der Waals surface area contributed by atoms with Gasteiger partial charge >= 0.3 is 0 Å². The van der Waals surface area contributed by atoms with Crippen LogP contribution in [0.5, 0.6) is 5.75 Å². The molecular formula is C24H23ClN6O3. The van der Waals surface area contributed by atoms with Gasteiger partial charge in [-0.3, -0.25) is 14.2 Å². The van der Waals surface area contributed by atoms with Crippen molar-refractivity contribution in [3.8, 4) is 11.4 Å². The van der Waals surface area contributed by atoms with Crippen LogP contribution in [-0.4, -0.2) is 31.9 Å². The van der Waals surface area contributed by atoms with Gasteiger partial charge in [0.25, 0.3) is 11.5 Å². The first-order valence-corrected chi connectivity index (χ1v) is 10.9. The normalized spacial score (nSPS) is 11.9. The molecule has 34 heavy (non-hydrogen) atoms. The molecule has 0 saturated carbocycles. The van der Waals surface area contributed by atoms with Gasteiger partial charge in [0.05, 0.1) is 10.4 Å². The first kappa shape index (κ1) is 22.9. The van der Waals surface area contributed by atoms with Crippen LogP contribution in [0.2, 0.25) is 5.02 Å². The maximum atomic E-state index is 12.8. The summed E-state index contributed by atoms with van der Waals surface area (Å²) in [6.07, 6.45) is 4.32. The zero-order valence-corrected chi connectivity index (χ0v) is 19.1. The minimum Gasteiger partial charge on any atom is -0.508 e. The number of phenols is 1. The number of carbonyl (C=O) groups is 1. The van der Waals surface area contributed by atoms with Crippen LogP contribution in [-0.2, 0) is 6.42 Å². The highest BCUT2D eigenvalue weighted by molar-refractivity contribution is 6.35. The first-order valence-electron chi connectivity index (χ1n) is 10.5. The number of carbonyl (C=O) groups excluding carboxylic acids is 1. The van der Waals surface area contributed by atoms with Crippen LogP contribution >= 0.6 is 11.6 Å². The summed E-state index contributed by atoms with van der Waals surface area (Å²) >= 11 is 6.19. The van der Waals surface area contributed by atoms with Crippen LogP contribution in [0.4, 0.5) is 11.6 Å². The summed E-state index contributed by atoms with van der Waals surface area (Å²) in [5, 5.41) is 18.1. The summed E-state index contributed by atoms with van der Waals surface area (Å²) in [5.41, 5.74) is 12.4. The van der Waals surface area contributed by atoms with Gasteiger partial charge in [0, 0.05) is 24.1 Å². The van der Waals surface area contributed by atoms with Gasteiger partial charge in [0.15, 0.2) is 5.82 Å². The number of hydrogen-bond donors (Lipinski definition) is 4. The average molecular weight is 479 g/mol. The minimum absolute atomic E-state index is 0.138. The van der Waals surface area contributed by atoms with Crippen LogP contribution in [0.3, 0.4) is 0 Å². The van der Waals surface area contributed by atoms with E-state index in [2.05, 4.69) is 10.4 Å². The summed E-state index contributed by atoms with van der Waals surface area (Å²) in [6.45, 7) is 2.65. The number of phenolic OH excluding ortho intramolecular Hbond substituents is 1. The predicted octanol–water partition coefficient (Wildman–Crippen LogP) is 3.37. The Bertz CT molecular complexity index is 1470. The number of benzene rings is 2. The second-order valence-corrected chi connectivity index (χ2v) is 7.94. The van der Waals surface area contributed by atoms with E-state index in [1.165, 1.54) is 4.68 Å². The van der Waals surface area contributed by atoms with Gasteiger partial charge in [0.1, 0.15) is 17.1 Å². The number of aromatic nitrogens is 3. The lowest BCUT2D eigenvalue weighted by Gasteiger charge is -2.14. The van der Waals surface area contributed by atoms with Crippen molar-refractivity contribution in [2.24, 2.45) is 5.73 Å². The van der Waals surface area contributed by atoms with Crippen LogP contribution in [0.25, 0.3) is 22.7 Å². The van der Waals surface area contributed by atoms with Crippen molar-refractivity contribution in [1.82, 2.24) is 14.3 Å². The third-order valence-corrected chi connectivity index (χ3v) is 5.68. The van der Waals surface area contributed by atoms with E-state index in [-0.39, 0.29) is 22.7 Å². The summed E-state index contributed by atoms with van der Waals surface area (Å²) in [7, 11) is 0. The van der Waals surface area contributed by atoms with Gasteiger partial charge < -0.3 is 21.9 Å². The maximum Gasteiger partial charge on any atom is 0.264 e. The number of pyridine rings is 1. The average Bonchev–Trinajstić information content (AvgIpc) is 3.16. The zero-order chi connectivity index (χ0) is 24.4. The van der Waals surface area contributed by atoms with Crippen LogP contribution < -0.4 is 22.3 Å². The topological polar surface area (TPSA) is 141 Å². The standard InChI is InChI=1S/C17H14ClNO2.C7H9N5O/c1-2-12-10-11-4-3-5-15(18)16(11)17(21)19(12)13-6-8-14(20)9-7-13;8-5-4(6(9)13)7-10-2-1-3-12(7)11-5/h3-10,20H,2H2,1H3;1,3,10H,2H2,(H2,8,11)(H2,9,13). The molecule has 6 N–H and O–H groups in total. The van der Waals surface area contributed by atoms with Crippen molar-refractivity contribution in [2.45, 2.75) is 13.3 Å². The van der Waals surface area contributed by atoms with Crippen LogP contribution in [0.15, 0.2) is 59.4 Å². The molecule has 0 unspecified atom stereocenters. The second kappa shape index (κ2) is 9.32. The summed E-state index contributed by atoms with van der Waals surface area (Å²) in [5.74, 6) is 0.319. The number of halogens is 1. The van der Waals surface area contributed by atoms with Crippen molar-refractivity contribution < 1.29 is 9.90 Å². The van der Waals surface area contributed by atoms with E-state index in [1.807, 2.05) is 31.2 Å². The Labute approximate surface area is 199 Å². The number of anilines is 2. The Kier molecular flexibility index (Phi) is 6.29. The maximum absolute atomic E-state index is 12.8. The van der Waals surface area contributed by atoms with Crippen molar-refractivity contribution >= 4 is 46.1 Å². The molecule has 1 aliphatic rings. The number of nitrogens with one attached hydrogen (secondary N) is 1. The highest BCUT2D eigenvalue weighted by Gasteiger charge is 2.20. The van der Waals surface area contributed by atoms with E-state index < -0.39 is 5.91 Å². The highest BCUT2D eigenvalue weighted by Crippen LogP contribution is 2.24. The molecule has 9 nitrogen and oxygen atoms in total. The molecule has 0 aliphatic carbocycles. The number of aromatic hydroxyl groups is 1. The van der Waals surface area contributed by atoms with E-state index in [0.717, 1.165) is 23.2 Å². The molecule has 0 radical (unpaired) electrons. The van der Waals surface area contributed by atoms with Crippen LogP contribution in [0.1, 0.15) is 23.0 Å². The molecule has 0 spiro atoms. The Morgan fingerprint density at radius 1 is 1.24 bits per heavy atom. The molecule has 1 amide bonds. The fraction of sp³-hybridized carbons (Fsp3) is 0.125. The molecule has 5 rings (SSSR count). The van der Waals surface area contributed by atoms with Crippen molar-refractivity contribution in [2.75, 3.05) is 17.6 Å².